The number of aromatic hydroxyl groups is 1. The average molecular weight is 1130 g/mol. The predicted octanol–water partition coefficient (Wildman–Crippen LogP) is 7.57. The number of rotatable bonds is 16. The third-order valence-electron chi connectivity index (χ3n) is 15.2. The van der Waals surface area contributed by atoms with E-state index >= 15 is 0 Å². The Morgan fingerprint density at radius 3 is 2.41 bits per heavy atom. The van der Waals surface area contributed by atoms with Crippen LogP contribution in [0.5, 0.6) is 28.7 Å². The number of methoxy groups -OCH3 is 1. The van der Waals surface area contributed by atoms with E-state index in [1.54, 1.807) is 68.6 Å². The molecule has 0 radical (unpaired) electrons. The van der Waals surface area contributed by atoms with Gasteiger partial charge in [-0.15, -0.1) is 0 Å². The number of likely N-dealkylation sites (tertiary alicyclic amines) is 1. The van der Waals surface area contributed by atoms with Crippen LogP contribution in [0.25, 0.3) is 33.1 Å². The van der Waals surface area contributed by atoms with Gasteiger partial charge in [-0.3, -0.25) is 14.2 Å². The Labute approximate surface area is 477 Å². The number of phenols is 1. The Morgan fingerprint density at radius 1 is 0.880 bits per heavy atom. The number of aromatic nitrogens is 4. The Balaban J connectivity index is 0.674. The van der Waals surface area contributed by atoms with Gasteiger partial charge < -0.3 is 58.6 Å². The number of aryl methyl sites for hydroxylation is 2. The molecule has 5 amide bonds. The first-order chi connectivity index (χ1) is 40.1. The minimum atomic E-state index is -0.669. The number of nitrogens with one attached hydrogen (secondary N) is 1. The minimum Gasteiger partial charge on any atom is -0.507 e. The standard InChI is InChI=1S/C59H61N13O11/c1-36-16-21-71(52(74)15-19-60)32-47(36)69(5)54-42-18-23-72(55(42)63-34-62-54)57(76)66(2)25-26-68(4)58(77)80-33-37-7-10-40(11-8-37)64-65-41-12-13-48(73)44(29-41)56(75)61-20-24-67(3)59(78)83-53-45-31-70-22-17-39-28-50-51(82-35-81-50)30-43(39)46(70)27-38(45)9-14-49(53)79-6/h7-14,18,23,27-31,34,36,47H,15-17,20-22,24-26,32-33,35H2,1-6H3,(H-,61,64,73,75)/p+1/t36-,47+/m1/s1. The Bertz CT molecular complexity index is 3730. The van der Waals surface area contributed by atoms with E-state index in [-0.39, 0.29) is 87.0 Å². The zero-order valence-corrected chi connectivity index (χ0v) is 46.8. The average Bonchev–Trinajstić information content (AvgIpc) is 3.84. The number of hydrogen-bond acceptors (Lipinski definition) is 17. The number of amides is 5. The summed E-state index contributed by atoms with van der Waals surface area (Å²) in [4.78, 5) is 82.9. The molecule has 0 unspecified atom stereocenters. The molecular weight excluding hydrogens is 1070 g/mol. The number of pyridine rings is 1. The molecule has 1 fully saturated rings. The summed E-state index contributed by atoms with van der Waals surface area (Å²) in [6.45, 7) is 4.49. The number of fused-ring (bicyclic) bond motifs is 6. The van der Waals surface area contributed by atoms with Crippen LogP contribution in [0, 0.1) is 17.2 Å². The maximum Gasteiger partial charge on any atom is 0.415 e. The zero-order chi connectivity index (χ0) is 58.5. The first-order valence-electron chi connectivity index (χ1n) is 26.9. The number of ether oxygens (including phenoxy) is 5. The van der Waals surface area contributed by atoms with E-state index in [2.05, 4.69) is 43.1 Å². The quantitative estimate of drug-likeness (QED) is 0.0698. The SMILES string of the molecule is COc1ccc2cc3[n+](cc2c1OC(=O)N(C)CCNC(=O)c1cc(N=Nc2ccc(COC(=O)N(C)CCN(C)C(=O)n4ccc5c(N(C)[C@H]6CN(C(=O)CC#N)CC[C@H]6C)ncnc54)cc2)ccc1O)CCc1cc2c(cc1-3)OCO2. The fourth-order valence-corrected chi connectivity index (χ4v) is 10.3. The Morgan fingerprint density at radius 2 is 1.63 bits per heavy atom. The van der Waals surface area contributed by atoms with E-state index < -0.39 is 18.1 Å². The molecule has 1 saturated heterocycles. The number of nitriles is 1. The first-order valence-corrected chi connectivity index (χ1v) is 26.9. The van der Waals surface area contributed by atoms with Crippen LogP contribution >= 0.6 is 0 Å². The molecule has 6 heterocycles. The zero-order valence-electron chi connectivity index (χ0n) is 46.8. The highest BCUT2D eigenvalue weighted by Crippen LogP contribution is 2.42. The fourth-order valence-electron chi connectivity index (χ4n) is 10.3. The number of hydrogen-bond donors (Lipinski definition) is 2. The van der Waals surface area contributed by atoms with Gasteiger partial charge in [0, 0.05) is 86.1 Å². The molecule has 3 aliphatic rings. The van der Waals surface area contributed by atoms with Crippen LogP contribution in [0.2, 0.25) is 0 Å². The highest BCUT2D eigenvalue weighted by atomic mass is 16.7. The van der Waals surface area contributed by atoms with Crippen LogP contribution in [0.4, 0.5) is 31.6 Å². The van der Waals surface area contributed by atoms with Gasteiger partial charge in [0.25, 0.3) is 5.91 Å². The molecule has 24 heteroatoms. The topological polar surface area (TPSA) is 263 Å². The molecule has 0 spiro atoms. The monoisotopic (exact) mass is 1130 g/mol. The summed E-state index contributed by atoms with van der Waals surface area (Å²) < 4.78 is 32.0. The second kappa shape index (κ2) is 24.4. The summed E-state index contributed by atoms with van der Waals surface area (Å²) in [6, 6.07) is 24.1. The summed E-state index contributed by atoms with van der Waals surface area (Å²) >= 11 is 0. The van der Waals surface area contributed by atoms with Crippen molar-refractivity contribution in [1.82, 2.24) is 39.5 Å². The number of nitrogens with zero attached hydrogens (tertiary/aromatic N) is 12. The molecule has 428 valence electrons. The largest absolute Gasteiger partial charge is 0.507 e. The van der Waals surface area contributed by atoms with Crippen molar-refractivity contribution in [3.63, 3.8) is 0 Å². The van der Waals surface area contributed by atoms with Crippen molar-refractivity contribution < 1.29 is 57.3 Å². The van der Waals surface area contributed by atoms with E-state index in [4.69, 9.17) is 28.9 Å². The summed E-state index contributed by atoms with van der Waals surface area (Å²) in [5.41, 5.74) is 5.01. The van der Waals surface area contributed by atoms with Crippen molar-refractivity contribution >= 4 is 69.0 Å². The van der Waals surface area contributed by atoms with Crippen LogP contribution in [0.15, 0.2) is 108 Å². The van der Waals surface area contributed by atoms with E-state index in [1.165, 1.54) is 50.9 Å². The van der Waals surface area contributed by atoms with E-state index in [0.717, 1.165) is 40.8 Å². The number of phenolic OH excluding ortho intramolecular Hbond substituents is 1. The number of benzene rings is 4. The molecule has 10 rings (SSSR count). The second-order valence-corrected chi connectivity index (χ2v) is 20.6. The van der Waals surface area contributed by atoms with Gasteiger partial charge in [-0.05, 0) is 89.5 Å². The molecule has 3 aromatic heterocycles. The van der Waals surface area contributed by atoms with Crippen LogP contribution in [0.1, 0.15) is 41.3 Å². The first kappa shape index (κ1) is 56.2. The van der Waals surface area contributed by atoms with Crippen molar-refractivity contribution in [3.8, 4) is 46.1 Å². The highest BCUT2D eigenvalue weighted by molar-refractivity contribution is 5.98. The molecule has 0 saturated carbocycles. The van der Waals surface area contributed by atoms with E-state index in [0.29, 0.717) is 70.3 Å². The van der Waals surface area contributed by atoms with Crippen LogP contribution in [-0.4, -0.2) is 157 Å². The molecule has 7 aromatic rings. The van der Waals surface area contributed by atoms with Crippen molar-refractivity contribution in [2.75, 3.05) is 86.3 Å². The molecule has 2 N–H and O–H groups in total. The van der Waals surface area contributed by atoms with Gasteiger partial charge in [0.1, 0.15) is 30.9 Å². The summed E-state index contributed by atoms with van der Waals surface area (Å²) in [7, 11) is 8.17. The van der Waals surface area contributed by atoms with Crippen molar-refractivity contribution in [2.45, 2.75) is 45.4 Å². The number of likely N-dealkylation sites (N-methyl/N-ethyl adjacent to an activating group) is 4. The van der Waals surface area contributed by atoms with E-state index in [1.807, 2.05) is 42.4 Å². The van der Waals surface area contributed by atoms with Gasteiger partial charge in [0.15, 0.2) is 41.4 Å². The molecule has 3 aliphatic heterocycles. The smallest absolute Gasteiger partial charge is 0.415 e. The molecule has 2 atom stereocenters. The number of piperidine rings is 1. The van der Waals surface area contributed by atoms with Crippen molar-refractivity contribution in [2.24, 2.45) is 16.1 Å². The molecule has 83 heavy (non-hydrogen) atoms. The van der Waals surface area contributed by atoms with Crippen molar-refractivity contribution in [1.29, 1.82) is 5.26 Å². The number of azo groups is 1. The summed E-state index contributed by atoms with van der Waals surface area (Å²) in [6.07, 6.45) is 5.12. The maximum atomic E-state index is 13.7. The second-order valence-electron chi connectivity index (χ2n) is 20.6. The predicted molar refractivity (Wildman–Crippen MR) is 302 cm³/mol. The van der Waals surface area contributed by atoms with Gasteiger partial charge in [-0.1, -0.05) is 19.1 Å². The van der Waals surface area contributed by atoms with E-state index in [9.17, 15) is 29.1 Å². The lowest BCUT2D eigenvalue weighted by atomic mass is 9.92. The van der Waals surface area contributed by atoms with Crippen LogP contribution < -0.4 is 33.7 Å². The minimum absolute atomic E-state index is 0.0311. The molecule has 4 aromatic carbocycles. The van der Waals surface area contributed by atoms with Crippen LogP contribution in [0.3, 0.4) is 0 Å². The number of carbonyl (C=O) groups excluding carboxylic acids is 5. The lowest BCUT2D eigenvalue weighted by Crippen LogP contribution is -2.52. The molecule has 0 bridgehead atoms. The lowest BCUT2D eigenvalue weighted by molar-refractivity contribution is -0.686. The third kappa shape index (κ3) is 12.0. The van der Waals surface area contributed by atoms with Gasteiger partial charge >= 0.3 is 18.2 Å². The van der Waals surface area contributed by atoms with Gasteiger partial charge in [0.05, 0.1) is 52.5 Å². The summed E-state index contributed by atoms with van der Waals surface area (Å²) in [5.74, 6) is 1.88. The van der Waals surface area contributed by atoms with Gasteiger partial charge in [-0.2, -0.15) is 20.1 Å². The van der Waals surface area contributed by atoms with Crippen LogP contribution in [-0.2, 0) is 29.1 Å². The molecular formula is C59H62N13O11+. The Kier molecular flexibility index (Phi) is 16.5. The Hall–Kier alpha value is -10.1. The number of anilines is 1. The summed E-state index contributed by atoms with van der Waals surface area (Å²) in [5, 5.41) is 33.1. The lowest BCUT2D eigenvalue weighted by Gasteiger charge is -2.42. The maximum absolute atomic E-state index is 13.7. The normalized spacial score (nSPS) is 15.0. The number of carbonyl (C=O) groups is 5. The highest BCUT2D eigenvalue weighted by Gasteiger charge is 2.34. The molecule has 0 aliphatic carbocycles. The third-order valence-corrected chi connectivity index (χ3v) is 15.2. The fraction of sp³-hybridized carbons (Fsp3) is 0.339. The van der Waals surface area contributed by atoms with Gasteiger partial charge in [0.2, 0.25) is 18.4 Å². The molecule has 24 nitrogen and oxygen atoms in total. The van der Waals surface area contributed by atoms with Crippen molar-refractivity contribution in [3.05, 3.63) is 114 Å². The van der Waals surface area contributed by atoms with Gasteiger partial charge in [-0.25, -0.2) is 24.4 Å².